The lowest BCUT2D eigenvalue weighted by Gasteiger charge is -2.27. The highest BCUT2D eigenvalue weighted by atomic mass is 16.4. The molecule has 4 heteroatoms. The van der Waals surface area contributed by atoms with Crippen molar-refractivity contribution in [3.05, 3.63) is 34.9 Å². The fraction of sp³-hybridized carbons (Fsp3) is 0.500. The fourth-order valence-corrected chi connectivity index (χ4v) is 2.76. The monoisotopic (exact) mass is 272 g/mol. The molecule has 0 aliphatic heterocycles. The minimum absolute atomic E-state index is 0.162. The molecule has 0 bridgehead atoms. The van der Waals surface area contributed by atoms with Gasteiger partial charge in [-0.05, 0) is 55.9 Å². The maximum absolute atomic E-state index is 10.9. The minimum atomic E-state index is -0.661. The van der Waals surface area contributed by atoms with Crippen molar-refractivity contribution in [2.45, 2.75) is 45.2 Å². The number of hydrogen-bond acceptors (Lipinski definition) is 3. The summed E-state index contributed by atoms with van der Waals surface area (Å²) in [6.07, 6.45) is 3.37. The van der Waals surface area contributed by atoms with Crippen LogP contribution in [0, 0.1) is 24.2 Å². The first kappa shape index (κ1) is 14.5. The van der Waals surface area contributed by atoms with E-state index in [0.717, 1.165) is 37.8 Å². The van der Waals surface area contributed by atoms with Gasteiger partial charge in [0.25, 0.3) is 0 Å². The molecule has 0 atom stereocenters. The van der Waals surface area contributed by atoms with Crippen molar-refractivity contribution in [3.63, 3.8) is 0 Å². The molecular formula is C16H20N2O2. The first-order valence-corrected chi connectivity index (χ1v) is 7.06. The number of nitriles is 1. The highest BCUT2D eigenvalue weighted by Crippen LogP contribution is 2.24. The molecule has 1 aliphatic rings. The number of hydrogen-bond donors (Lipinski definition) is 2. The SMILES string of the molecule is Cc1cc(C#N)ccc1CNC1CCC(C(=O)O)CC1. The summed E-state index contributed by atoms with van der Waals surface area (Å²) < 4.78 is 0. The van der Waals surface area contributed by atoms with Crippen LogP contribution in [-0.2, 0) is 11.3 Å². The molecule has 1 aromatic carbocycles. The van der Waals surface area contributed by atoms with Gasteiger partial charge in [-0.25, -0.2) is 0 Å². The summed E-state index contributed by atoms with van der Waals surface area (Å²) in [5.41, 5.74) is 3.01. The Balaban J connectivity index is 1.85. The molecule has 4 nitrogen and oxygen atoms in total. The van der Waals surface area contributed by atoms with Crippen LogP contribution in [0.2, 0.25) is 0 Å². The minimum Gasteiger partial charge on any atom is -0.481 e. The van der Waals surface area contributed by atoms with Gasteiger partial charge in [-0.15, -0.1) is 0 Å². The second-order valence-corrected chi connectivity index (χ2v) is 5.52. The van der Waals surface area contributed by atoms with Gasteiger partial charge in [-0.1, -0.05) is 6.07 Å². The third-order valence-corrected chi connectivity index (χ3v) is 4.13. The first-order valence-electron chi connectivity index (χ1n) is 7.06. The lowest BCUT2D eigenvalue weighted by molar-refractivity contribution is -0.142. The van der Waals surface area contributed by atoms with Crippen LogP contribution in [0.5, 0.6) is 0 Å². The van der Waals surface area contributed by atoms with E-state index in [2.05, 4.69) is 11.4 Å². The van der Waals surface area contributed by atoms with Crippen LogP contribution >= 0.6 is 0 Å². The molecule has 0 saturated heterocycles. The third kappa shape index (κ3) is 3.58. The van der Waals surface area contributed by atoms with E-state index in [9.17, 15) is 4.79 Å². The Labute approximate surface area is 119 Å². The lowest BCUT2D eigenvalue weighted by Crippen LogP contribution is -2.34. The molecule has 106 valence electrons. The standard InChI is InChI=1S/C16H20N2O2/c1-11-8-12(9-17)2-3-14(11)10-18-15-6-4-13(5-7-15)16(19)20/h2-3,8,13,15,18H,4-7,10H2,1H3,(H,19,20). The molecule has 0 radical (unpaired) electrons. The van der Waals surface area contributed by atoms with Crippen LogP contribution in [0.25, 0.3) is 0 Å². The number of carboxylic acid groups (broad SMARTS) is 1. The Hall–Kier alpha value is -1.86. The van der Waals surface area contributed by atoms with Crippen LogP contribution in [-0.4, -0.2) is 17.1 Å². The van der Waals surface area contributed by atoms with Crippen molar-refractivity contribution in [1.82, 2.24) is 5.32 Å². The molecule has 0 aromatic heterocycles. The maximum atomic E-state index is 10.9. The van der Waals surface area contributed by atoms with Gasteiger partial charge in [0.05, 0.1) is 17.6 Å². The van der Waals surface area contributed by atoms with E-state index >= 15 is 0 Å². The van der Waals surface area contributed by atoms with Gasteiger partial charge in [0.15, 0.2) is 0 Å². The molecule has 1 aromatic rings. The zero-order valence-corrected chi connectivity index (χ0v) is 11.7. The average Bonchev–Trinajstić information content (AvgIpc) is 2.46. The van der Waals surface area contributed by atoms with E-state index in [1.54, 1.807) is 0 Å². The molecule has 0 amide bonds. The Morgan fingerprint density at radius 1 is 1.40 bits per heavy atom. The number of nitrogens with zero attached hydrogens (tertiary/aromatic N) is 1. The van der Waals surface area contributed by atoms with Gasteiger partial charge in [-0.2, -0.15) is 5.26 Å². The molecule has 1 aliphatic carbocycles. The highest BCUT2D eigenvalue weighted by Gasteiger charge is 2.25. The molecule has 2 N–H and O–H groups in total. The predicted molar refractivity (Wildman–Crippen MR) is 76.1 cm³/mol. The molecule has 2 rings (SSSR count). The van der Waals surface area contributed by atoms with E-state index in [1.807, 2.05) is 25.1 Å². The van der Waals surface area contributed by atoms with Crippen molar-refractivity contribution in [2.24, 2.45) is 5.92 Å². The summed E-state index contributed by atoms with van der Waals surface area (Å²) in [6, 6.07) is 8.27. The number of rotatable bonds is 4. The van der Waals surface area contributed by atoms with Crippen molar-refractivity contribution in [1.29, 1.82) is 5.26 Å². The third-order valence-electron chi connectivity index (χ3n) is 4.13. The van der Waals surface area contributed by atoms with Gasteiger partial charge in [-0.3, -0.25) is 4.79 Å². The number of nitrogens with one attached hydrogen (secondary N) is 1. The normalized spacial score (nSPS) is 22.2. The van der Waals surface area contributed by atoms with Crippen LogP contribution < -0.4 is 5.32 Å². The summed E-state index contributed by atoms with van der Waals surface area (Å²) >= 11 is 0. The number of aryl methyl sites for hydroxylation is 1. The summed E-state index contributed by atoms with van der Waals surface area (Å²) in [7, 11) is 0. The molecule has 1 fully saturated rings. The first-order chi connectivity index (χ1) is 9.60. The van der Waals surface area contributed by atoms with E-state index in [1.165, 1.54) is 5.56 Å². The van der Waals surface area contributed by atoms with Gasteiger partial charge >= 0.3 is 5.97 Å². The van der Waals surface area contributed by atoms with Crippen LogP contribution in [0.3, 0.4) is 0 Å². The topological polar surface area (TPSA) is 73.1 Å². The molecule has 1 saturated carbocycles. The van der Waals surface area contributed by atoms with E-state index in [-0.39, 0.29) is 5.92 Å². The Morgan fingerprint density at radius 2 is 2.10 bits per heavy atom. The fourth-order valence-electron chi connectivity index (χ4n) is 2.76. The van der Waals surface area contributed by atoms with Crippen molar-refractivity contribution >= 4 is 5.97 Å². The second-order valence-electron chi connectivity index (χ2n) is 5.52. The summed E-state index contributed by atoms with van der Waals surface area (Å²) in [6.45, 7) is 2.79. The highest BCUT2D eigenvalue weighted by molar-refractivity contribution is 5.70. The maximum Gasteiger partial charge on any atom is 0.306 e. The Morgan fingerprint density at radius 3 is 2.65 bits per heavy atom. The van der Waals surface area contributed by atoms with Crippen molar-refractivity contribution < 1.29 is 9.90 Å². The van der Waals surface area contributed by atoms with Crippen molar-refractivity contribution in [3.8, 4) is 6.07 Å². The predicted octanol–water partition coefficient (Wildman–Crippen LogP) is 2.60. The smallest absolute Gasteiger partial charge is 0.306 e. The largest absolute Gasteiger partial charge is 0.481 e. The lowest BCUT2D eigenvalue weighted by atomic mass is 9.86. The van der Waals surface area contributed by atoms with Crippen LogP contribution in [0.15, 0.2) is 18.2 Å². The van der Waals surface area contributed by atoms with Gasteiger partial charge < -0.3 is 10.4 Å². The average molecular weight is 272 g/mol. The summed E-state index contributed by atoms with van der Waals surface area (Å²) in [5, 5.41) is 21.3. The Kier molecular flexibility index (Phi) is 4.75. The van der Waals surface area contributed by atoms with E-state index in [4.69, 9.17) is 10.4 Å². The van der Waals surface area contributed by atoms with Crippen LogP contribution in [0.4, 0.5) is 0 Å². The summed E-state index contributed by atoms with van der Waals surface area (Å²) in [4.78, 5) is 10.9. The van der Waals surface area contributed by atoms with Gasteiger partial charge in [0, 0.05) is 12.6 Å². The molecule has 0 heterocycles. The number of carboxylic acids is 1. The summed E-state index contributed by atoms with van der Waals surface area (Å²) in [5.74, 6) is -0.823. The van der Waals surface area contributed by atoms with Gasteiger partial charge in [0.2, 0.25) is 0 Å². The van der Waals surface area contributed by atoms with E-state index < -0.39 is 5.97 Å². The number of aliphatic carboxylic acids is 1. The quantitative estimate of drug-likeness (QED) is 0.883. The molecule has 20 heavy (non-hydrogen) atoms. The zero-order chi connectivity index (χ0) is 14.5. The number of benzene rings is 1. The number of carbonyl (C=O) groups is 1. The molecule has 0 spiro atoms. The Bertz CT molecular complexity index is 526. The van der Waals surface area contributed by atoms with Crippen LogP contribution in [0.1, 0.15) is 42.4 Å². The van der Waals surface area contributed by atoms with Gasteiger partial charge in [0.1, 0.15) is 0 Å². The van der Waals surface area contributed by atoms with E-state index in [0.29, 0.717) is 11.6 Å². The second kappa shape index (κ2) is 6.53. The van der Waals surface area contributed by atoms with Crippen molar-refractivity contribution in [2.75, 3.05) is 0 Å². The molecule has 0 unspecified atom stereocenters. The zero-order valence-electron chi connectivity index (χ0n) is 11.7. The molecular weight excluding hydrogens is 252 g/mol.